The number of fused-ring (bicyclic) bond motifs is 2. The van der Waals surface area contributed by atoms with E-state index in [0.29, 0.717) is 0 Å². The molecule has 0 N–H and O–H groups in total. The summed E-state index contributed by atoms with van der Waals surface area (Å²) < 4.78 is 4.72. The fourth-order valence-corrected chi connectivity index (χ4v) is 5.77. The number of alkyl halides is 1. The quantitative estimate of drug-likeness (QED) is 0.204. The number of para-hydroxylation sites is 2. The molecule has 3 aromatic carbocycles. The lowest BCUT2D eigenvalue weighted by atomic mass is 9.83. The molecule has 0 aliphatic rings. The second-order valence-electron chi connectivity index (χ2n) is 9.61. The zero-order valence-corrected chi connectivity index (χ0v) is 21.9. The van der Waals surface area contributed by atoms with Crippen molar-refractivity contribution < 1.29 is 0 Å². The van der Waals surface area contributed by atoms with Gasteiger partial charge in [0.05, 0.1) is 0 Å². The van der Waals surface area contributed by atoms with Crippen LogP contribution in [-0.4, -0.2) is 23.2 Å². The minimum Gasteiger partial charge on any atom is -0.378 e. The van der Waals surface area contributed by atoms with Gasteiger partial charge in [0.2, 0.25) is 0 Å². The van der Waals surface area contributed by atoms with Crippen LogP contribution >= 0.6 is 11.6 Å². The highest BCUT2D eigenvalue weighted by Gasteiger charge is 2.39. The number of benzene rings is 3. The van der Waals surface area contributed by atoms with Crippen molar-refractivity contribution in [2.45, 2.75) is 44.7 Å². The molecule has 0 atom stereocenters. The van der Waals surface area contributed by atoms with E-state index in [4.69, 9.17) is 11.6 Å². The van der Waals surface area contributed by atoms with Crippen LogP contribution in [0, 0.1) is 0 Å². The van der Waals surface area contributed by atoms with Gasteiger partial charge in [-0.05, 0) is 42.7 Å². The maximum Gasteiger partial charge on any atom is 0.123 e. The number of hydrogen-bond acceptors (Lipinski definition) is 1. The molecule has 5 rings (SSSR count). The van der Waals surface area contributed by atoms with E-state index in [1.165, 1.54) is 21.8 Å². The summed E-state index contributed by atoms with van der Waals surface area (Å²) in [5, 5.41) is 2.42. The van der Waals surface area contributed by atoms with Gasteiger partial charge in [-0.25, -0.2) is 0 Å². The Labute approximate surface area is 213 Å². The van der Waals surface area contributed by atoms with Crippen molar-refractivity contribution in [3.8, 4) is 0 Å². The Bertz CT molecular complexity index is 1370. The zero-order chi connectivity index (χ0) is 24.6. The van der Waals surface area contributed by atoms with Crippen LogP contribution in [0.1, 0.15) is 43.4 Å². The van der Waals surface area contributed by atoms with Crippen molar-refractivity contribution in [1.82, 2.24) is 9.13 Å². The summed E-state index contributed by atoms with van der Waals surface area (Å²) in [4.78, 5) is 1.29. The SMILES string of the molecule is CCCn1cc(C(Cl)(c2ccc(N(C)C)cc2)c2cn(CCC)c3ccccc23)c2ccccc21. The molecular formula is C31H34ClN3. The van der Waals surface area contributed by atoms with Crippen molar-refractivity contribution >= 4 is 39.1 Å². The Balaban J connectivity index is 1.85. The van der Waals surface area contributed by atoms with Gasteiger partial charge in [-0.15, -0.1) is 11.6 Å². The molecule has 0 saturated carbocycles. The average Bonchev–Trinajstić information content (AvgIpc) is 3.44. The first-order valence-corrected chi connectivity index (χ1v) is 13.0. The molecule has 2 aromatic heterocycles. The minimum absolute atomic E-state index is 0.831. The zero-order valence-electron chi connectivity index (χ0n) is 21.1. The summed E-state index contributed by atoms with van der Waals surface area (Å²) in [6, 6.07) is 26.1. The summed E-state index contributed by atoms with van der Waals surface area (Å²) in [5.74, 6) is 0. The lowest BCUT2D eigenvalue weighted by molar-refractivity contribution is 0.692. The molecule has 0 aliphatic carbocycles. The molecule has 180 valence electrons. The van der Waals surface area contributed by atoms with Crippen LogP contribution in [0.15, 0.2) is 85.2 Å². The van der Waals surface area contributed by atoms with Crippen LogP contribution in [0.25, 0.3) is 21.8 Å². The summed E-state index contributed by atoms with van der Waals surface area (Å²) in [5.41, 5.74) is 6.99. The molecule has 3 nitrogen and oxygen atoms in total. The third-order valence-electron chi connectivity index (χ3n) is 7.03. The Morgan fingerprint density at radius 1 is 0.686 bits per heavy atom. The fourth-order valence-electron chi connectivity index (χ4n) is 5.34. The number of aromatic nitrogens is 2. The normalized spacial score (nSPS) is 12.0. The van der Waals surface area contributed by atoms with E-state index in [1.807, 2.05) is 0 Å². The van der Waals surface area contributed by atoms with Crippen LogP contribution in [0.5, 0.6) is 0 Å². The molecule has 5 aromatic rings. The molecule has 0 saturated heterocycles. The van der Waals surface area contributed by atoms with E-state index in [0.717, 1.165) is 48.3 Å². The Morgan fingerprint density at radius 3 is 1.57 bits per heavy atom. The van der Waals surface area contributed by atoms with E-state index in [-0.39, 0.29) is 0 Å². The van der Waals surface area contributed by atoms with Crippen LogP contribution < -0.4 is 4.90 Å². The van der Waals surface area contributed by atoms with Gasteiger partial charge in [0.15, 0.2) is 0 Å². The van der Waals surface area contributed by atoms with Gasteiger partial charge in [-0.1, -0.05) is 62.4 Å². The van der Waals surface area contributed by atoms with E-state index in [9.17, 15) is 0 Å². The molecule has 35 heavy (non-hydrogen) atoms. The van der Waals surface area contributed by atoms with Crippen LogP contribution in [0.2, 0.25) is 0 Å². The fraction of sp³-hybridized carbons (Fsp3) is 0.290. The Morgan fingerprint density at radius 2 is 1.14 bits per heavy atom. The molecule has 2 heterocycles. The van der Waals surface area contributed by atoms with Gasteiger partial charge >= 0.3 is 0 Å². The van der Waals surface area contributed by atoms with Crippen molar-refractivity contribution in [2.24, 2.45) is 0 Å². The van der Waals surface area contributed by atoms with Crippen LogP contribution in [0.3, 0.4) is 0 Å². The molecule has 4 heteroatoms. The first-order valence-electron chi connectivity index (χ1n) is 12.6. The van der Waals surface area contributed by atoms with Crippen molar-refractivity contribution in [3.05, 3.63) is 102 Å². The second-order valence-corrected chi connectivity index (χ2v) is 10.2. The Hall–Kier alpha value is -3.17. The predicted molar refractivity (Wildman–Crippen MR) is 151 cm³/mol. The number of nitrogens with zero attached hydrogens (tertiary/aromatic N) is 3. The Kier molecular flexibility index (Phi) is 6.37. The maximum absolute atomic E-state index is 7.99. The van der Waals surface area contributed by atoms with Crippen molar-refractivity contribution in [1.29, 1.82) is 0 Å². The highest BCUT2D eigenvalue weighted by molar-refractivity contribution is 6.30. The minimum atomic E-state index is -0.831. The lowest BCUT2D eigenvalue weighted by Gasteiger charge is -2.28. The molecule has 0 bridgehead atoms. The maximum atomic E-state index is 7.99. The molecule has 0 unspecified atom stereocenters. The summed E-state index contributed by atoms with van der Waals surface area (Å²) >= 11 is 7.99. The highest BCUT2D eigenvalue weighted by Crippen LogP contribution is 2.49. The topological polar surface area (TPSA) is 13.1 Å². The van der Waals surface area contributed by atoms with Crippen molar-refractivity contribution in [2.75, 3.05) is 19.0 Å². The summed E-state index contributed by atoms with van der Waals surface area (Å²) in [6.45, 7) is 6.37. The number of anilines is 1. The van der Waals surface area contributed by atoms with Gasteiger partial charge < -0.3 is 14.0 Å². The number of halogens is 1. The standard InChI is InChI=1S/C31H34ClN3/c1-5-19-34-21-27(25-11-7-9-13-29(25)34)31(32,23-15-17-24(18-16-23)33(3)4)28-22-35(20-6-2)30-14-10-8-12-26(28)30/h7-18,21-22H,5-6,19-20H2,1-4H3. The summed E-state index contributed by atoms with van der Waals surface area (Å²) in [7, 11) is 4.14. The molecule has 0 fully saturated rings. The summed E-state index contributed by atoms with van der Waals surface area (Å²) in [6.07, 6.45) is 6.71. The van der Waals surface area contributed by atoms with Crippen LogP contribution in [-0.2, 0) is 18.0 Å². The van der Waals surface area contributed by atoms with Crippen LogP contribution in [0.4, 0.5) is 5.69 Å². The number of aryl methyl sites for hydroxylation is 2. The van der Waals surface area contributed by atoms with Gasteiger partial charge in [0.25, 0.3) is 0 Å². The largest absolute Gasteiger partial charge is 0.378 e. The number of rotatable bonds is 8. The molecule has 0 radical (unpaired) electrons. The smallest absolute Gasteiger partial charge is 0.123 e. The van der Waals surface area contributed by atoms with E-state index in [2.05, 4.69) is 127 Å². The van der Waals surface area contributed by atoms with E-state index in [1.54, 1.807) is 0 Å². The van der Waals surface area contributed by atoms with Gasteiger partial charge in [-0.2, -0.15) is 0 Å². The third kappa shape index (κ3) is 3.92. The molecule has 0 amide bonds. The average molecular weight is 484 g/mol. The second kappa shape index (κ2) is 9.47. The first kappa shape index (κ1) is 23.6. The first-order chi connectivity index (χ1) is 17.0. The number of hydrogen-bond donors (Lipinski definition) is 0. The van der Waals surface area contributed by atoms with E-state index >= 15 is 0 Å². The molecule has 0 aliphatic heterocycles. The predicted octanol–water partition coefficient (Wildman–Crippen LogP) is 8.01. The highest BCUT2D eigenvalue weighted by atomic mass is 35.5. The van der Waals surface area contributed by atoms with Gasteiger partial charge in [0.1, 0.15) is 4.87 Å². The third-order valence-corrected chi connectivity index (χ3v) is 7.66. The van der Waals surface area contributed by atoms with Gasteiger partial charge in [-0.3, -0.25) is 0 Å². The van der Waals surface area contributed by atoms with Gasteiger partial charge in [0, 0.05) is 78.2 Å². The molecule has 0 spiro atoms. The molecular weight excluding hydrogens is 450 g/mol. The lowest BCUT2D eigenvalue weighted by Crippen LogP contribution is -2.22. The van der Waals surface area contributed by atoms with Crippen molar-refractivity contribution in [3.63, 3.8) is 0 Å². The monoisotopic (exact) mass is 483 g/mol. The van der Waals surface area contributed by atoms with E-state index < -0.39 is 4.87 Å².